The number of carbonyl (C=O) groups excluding carboxylic acids is 1. The highest BCUT2D eigenvalue weighted by atomic mass is 16.6. The summed E-state index contributed by atoms with van der Waals surface area (Å²) in [5.74, 6) is -1.79. The molecule has 0 saturated carbocycles. The SMILES string of the molecule is NC(N)=NCC(C[C@H](NC(=O)OCc1ccccc1)C(=O)O)[N+](=O)[O-]. The molecule has 25 heavy (non-hydrogen) atoms. The van der Waals surface area contributed by atoms with Gasteiger partial charge in [-0.25, -0.2) is 14.6 Å². The van der Waals surface area contributed by atoms with E-state index in [1.54, 1.807) is 30.3 Å². The summed E-state index contributed by atoms with van der Waals surface area (Å²) in [5, 5.41) is 22.2. The van der Waals surface area contributed by atoms with Crippen LogP contribution in [0.15, 0.2) is 35.3 Å². The third-order valence-corrected chi connectivity index (χ3v) is 3.09. The van der Waals surface area contributed by atoms with Crippen molar-refractivity contribution in [1.82, 2.24) is 5.32 Å². The van der Waals surface area contributed by atoms with Crippen molar-refractivity contribution in [2.45, 2.75) is 25.1 Å². The first-order chi connectivity index (χ1) is 11.8. The molecule has 0 spiro atoms. The minimum Gasteiger partial charge on any atom is -0.480 e. The van der Waals surface area contributed by atoms with Crippen molar-refractivity contribution in [3.05, 3.63) is 46.0 Å². The van der Waals surface area contributed by atoms with Gasteiger partial charge in [0, 0.05) is 11.3 Å². The van der Waals surface area contributed by atoms with Gasteiger partial charge in [0.25, 0.3) is 0 Å². The molecular formula is C14H19N5O6. The minimum atomic E-state index is -1.52. The zero-order chi connectivity index (χ0) is 18.8. The van der Waals surface area contributed by atoms with E-state index in [0.29, 0.717) is 5.56 Å². The van der Waals surface area contributed by atoms with Crippen LogP contribution in [0.2, 0.25) is 0 Å². The molecule has 1 aromatic rings. The van der Waals surface area contributed by atoms with Crippen LogP contribution in [0.3, 0.4) is 0 Å². The monoisotopic (exact) mass is 353 g/mol. The highest BCUT2D eigenvalue weighted by Crippen LogP contribution is 2.06. The van der Waals surface area contributed by atoms with Crippen LogP contribution in [0.25, 0.3) is 0 Å². The predicted molar refractivity (Wildman–Crippen MR) is 87.3 cm³/mol. The van der Waals surface area contributed by atoms with Crippen molar-refractivity contribution < 1.29 is 24.4 Å². The standard InChI is InChI=1S/C14H19N5O6/c15-13(16)17-7-10(19(23)24)6-11(12(20)21)18-14(22)25-8-9-4-2-1-3-5-9/h1-5,10-11H,6-8H2,(H,18,22)(H,20,21)(H4,15,16,17)/t10?,11-/m0/s1. The number of alkyl carbamates (subject to hydrolysis) is 1. The summed E-state index contributed by atoms with van der Waals surface area (Å²) in [6.07, 6.45) is -1.50. The van der Waals surface area contributed by atoms with E-state index in [-0.39, 0.29) is 12.6 Å². The largest absolute Gasteiger partial charge is 0.480 e. The number of carboxylic acids is 1. The fourth-order valence-corrected chi connectivity index (χ4v) is 1.84. The van der Waals surface area contributed by atoms with E-state index in [1.807, 2.05) is 0 Å². The maximum Gasteiger partial charge on any atom is 0.408 e. The van der Waals surface area contributed by atoms with Gasteiger partial charge in [0.05, 0.1) is 0 Å². The van der Waals surface area contributed by atoms with Crippen LogP contribution in [0.5, 0.6) is 0 Å². The summed E-state index contributed by atoms with van der Waals surface area (Å²) in [5.41, 5.74) is 10.9. The van der Waals surface area contributed by atoms with Crippen molar-refractivity contribution in [2.24, 2.45) is 16.5 Å². The molecule has 0 aliphatic carbocycles. The molecule has 11 heteroatoms. The average molecular weight is 353 g/mol. The first-order valence-electron chi connectivity index (χ1n) is 7.18. The van der Waals surface area contributed by atoms with Gasteiger partial charge in [0.2, 0.25) is 6.04 Å². The van der Waals surface area contributed by atoms with Gasteiger partial charge in [-0.1, -0.05) is 30.3 Å². The predicted octanol–water partition coefficient (Wildman–Crippen LogP) is -0.325. The fourth-order valence-electron chi connectivity index (χ4n) is 1.84. The molecule has 1 rings (SSSR count). The molecule has 11 nitrogen and oxygen atoms in total. The normalized spacial score (nSPS) is 12.5. The van der Waals surface area contributed by atoms with Crippen molar-refractivity contribution in [3.63, 3.8) is 0 Å². The summed E-state index contributed by atoms with van der Waals surface area (Å²) < 4.78 is 4.90. The maximum absolute atomic E-state index is 11.7. The fraction of sp³-hybridized carbons (Fsp3) is 0.357. The third kappa shape index (κ3) is 7.63. The van der Waals surface area contributed by atoms with E-state index in [1.165, 1.54) is 0 Å². The second kappa shape index (κ2) is 9.70. The van der Waals surface area contributed by atoms with E-state index in [0.717, 1.165) is 0 Å². The molecule has 0 aliphatic rings. The smallest absolute Gasteiger partial charge is 0.408 e. The van der Waals surface area contributed by atoms with Crippen LogP contribution >= 0.6 is 0 Å². The maximum atomic E-state index is 11.7. The number of carbonyl (C=O) groups is 2. The molecule has 0 aliphatic heterocycles. The molecule has 1 amide bonds. The number of nitrogens with one attached hydrogen (secondary N) is 1. The number of rotatable bonds is 9. The van der Waals surface area contributed by atoms with Crippen LogP contribution in [0.4, 0.5) is 4.79 Å². The van der Waals surface area contributed by atoms with E-state index in [4.69, 9.17) is 21.3 Å². The highest BCUT2D eigenvalue weighted by molar-refractivity contribution is 5.80. The number of hydrogen-bond acceptors (Lipinski definition) is 6. The van der Waals surface area contributed by atoms with Gasteiger partial charge in [0.15, 0.2) is 5.96 Å². The number of nitro groups is 1. The van der Waals surface area contributed by atoms with Crippen LogP contribution in [-0.2, 0) is 16.1 Å². The number of amides is 1. The van der Waals surface area contributed by atoms with Gasteiger partial charge in [-0.05, 0) is 5.56 Å². The molecule has 0 heterocycles. The summed E-state index contributed by atoms with van der Waals surface area (Å²) in [6, 6.07) is 5.84. The molecule has 0 aromatic heterocycles. The number of hydrogen-bond donors (Lipinski definition) is 4. The van der Waals surface area contributed by atoms with Crippen LogP contribution in [-0.4, -0.2) is 46.7 Å². The van der Waals surface area contributed by atoms with E-state index >= 15 is 0 Å². The average Bonchev–Trinajstić information content (AvgIpc) is 2.55. The Morgan fingerprint density at radius 3 is 2.48 bits per heavy atom. The topological polar surface area (TPSA) is 183 Å². The summed E-state index contributed by atoms with van der Waals surface area (Å²) in [4.78, 5) is 36.7. The number of nitrogens with zero attached hydrogens (tertiary/aromatic N) is 2. The minimum absolute atomic E-state index is 0.0638. The van der Waals surface area contributed by atoms with E-state index in [9.17, 15) is 19.7 Å². The molecule has 6 N–H and O–H groups in total. The second-order valence-corrected chi connectivity index (χ2v) is 5.04. The van der Waals surface area contributed by atoms with Crippen LogP contribution in [0.1, 0.15) is 12.0 Å². The number of nitrogens with two attached hydrogens (primary N) is 2. The first kappa shape index (κ1) is 19.7. The van der Waals surface area contributed by atoms with Gasteiger partial charge < -0.3 is 26.6 Å². The Morgan fingerprint density at radius 1 is 1.32 bits per heavy atom. The van der Waals surface area contributed by atoms with Gasteiger partial charge in [0.1, 0.15) is 19.2 Å². The molecular weight excluding hydrogens is 334 g/mol. The molecule has 1 unspecified atom stereocenters. The van der Waals surface area contributed by atoms with Crippen molar-refractivity contribution in [3.8, 4) is 0 Å². The Hall–Kier alpha value is -3.37. The summed E-state index contributed by atoms with van der Waals surface area (Å²) in [7, 11) is 0. The molecule has 0 radical (unpaired) electrons. The lowest BCUT2D eigenvalue weighted by molar-refractivity contribution is -0.520. The Bertz CT molecular complexity index is 632. The molecule has 2 atom stereocenters. The van der Waals surface area contributed by atoms with Crippen molar-refractivity contribution in [1.29, 1.82) is 0 Å². The van der Waals surface area contributed by atoms with Gasteiger partial charge in [-0.15, -0.1) is 0 Å². The Kier molecular flexibility index (Phi) is 7.63. The number of carboxylic acid groups (broad SMARTS) is 1. The lowest BCUT2D eigenvalue weighted by Crippen LogP contribution is -2.45. The third-order valence-electron chi connectivity index (χ3n) is 3.09. The van der Waals surface area contributed by atoms with Crippen molar-refractivity contribution in [2.75, 3.05) is 6.54 Å². The van der Waals surface area contributed by atoms with Crippen LogP contribution in [0, 0.1) is 10.1 Å². The number of ether oxygens (including phenoxy) is 1. The Morgan fingerprint density at radius 2 is 1.96 bits per heavy atom. The molecule has 0 saturated heterocycles. The number of aliphatic imine (C=N–C) groups is 1. The number of guanidine groups is 1. The lowest BCUT2D eigenvalue weighted by Gasteiger charge is -2.16. The number of benzene rings is 1. The highest BCUT2D eigenvalue weighted by Gasteiger charge is 2.31. The van der Waals surface area contributed by atoms with E-state index < -0.39 is 42.0 Å². The Labute approximate surface area is 142 Å². The van der Waals surface area contributed by atoms with Gasteiger partial charge in [-0.2, -0.15) is 0 Å². The zero-order valence-corrected chi connectivity index (χ0v) is 13.2. The summed E-state index contributed by atoms with van der Waals surface area (Å²) >= 11 is 0. The Balaban J connectivity index is 2.62. The van der Waals surface area contributed by atoms with Crippen molar-refractivity contribution >= 4 is 18.0 Å². The summed E-state index contributed by atoms with van der Waals surface area (Å²) in [6.45, 7) is -0.467. The number of aliphatic carboxylic acids is 1. The quantitative estimate of drug-likeness (QED) is 0.201. The first-order valence-corrected chi connectivity index (χ1v) is 7.18. The molecule has 1 aromatic carbocycles. The molecule has 136 valence electrons. The zero-order valence-electron chi connectivity index (χ0n) is 13.2. The molecule has 0 bridgehead atoms. The van der Waals surface area contributed by atoms with Gasteiger partial charge >= 0.3 is 12.1 Å². The second-order valence-electron chi connectivity index (χ2n) is 5.04. The molecule has 0 fully saturated rings. The van der Waals surface area contributed by atoms with Gasteiger partial charge in [-0.3, -0.25) is 10.1 Å². The lowest BCUT2D eigenvalue weighted by atomic mass is 10.1. The van der Waals surface area contributed by atoms with Crippen LogP contribution < -0.4 is 16.8 Å². The van der Waals surface area contributed by atoms with E-state index in [2.05, 4.69) is 10.3 Å².